The molecule has 1 aliphatic rings. The minimum atomic E-state index is 0.162. The summed E-state index contributed by atoms with van der Waals surface area (Å²) in [6, 6.07) is 8.55. The van der Waals surface area contributed by atoms with Crippen LogP contribution in [0.5, 0.6) is 0 Å². The maximum absolute atomic E-state index is 13.1. The van der Waals surface area contributed by atoms with Gasteiger partial charge in [0.1, 0.15) is 0 Å². The molecule has 0 spiro atoms. The molecular weight excluding hydrogens is 312 g/mol. The minimum Gasteiger partial charge on any atom is -0.372 e. The summed E-state index contributed by atoms with van der Waals surface area (Å²) in [5.74, 6) is 0.375. The van der Waals surface area contributed by atoms with Crippen LogP contribution in [0.3, 0.4) is 0 Å². The van der Waals surface area contributed by atoms with E-state index < -0.39 is 0 Å². The molecule has 25 heavy (non-hydrogen) atoms. The van der Waals surface area contributed by atoms with Crippen LogP contribution < -0.4 is 4.90 Å². The Balaban J connectivity index is 1.80. The number of H-pyrrole nitrogens is 1. The highest BCUT2D eigenvalue weighted by atomic mass is 16.2. The Labute approximate surface area is 150 Å². The normalized spacial score (nSPS) is 18.7. The number of carbonyl (C=O) groups excluding carboxylic acids is 1. The van der Waals surface area contributed by atoms with Crippen LogP contribution in [-0.4, -0.2) is 40.6 Å². The molecule has 1 aromatic carbocycles. The van der Waals surface area contributed by atoms with Crippen molar-refractivity contribution in [3.63, 3.8) is 0 Å². The van der Waals surface area contributed by atoms with E-state index in [0.29, 0.717) is 13.0 Å². The molecule has 2 unspecified atom stereocenters. The number of rotatable bonds is 3. The quantitative estimate of drug-likeness (QED) is 0.932. The number of aryl methyl sites for hydroxylation is 2. The van der Waals surface area contributed by atoms with Gasteiger partial charge in [-0.2, -0.15) is 5.10 Å². The number of para-hydroxylation sites is 1. The maximum atomic E-state index is 13.1. The summed E-state index contributed by atoms with van der Waals surface area (Å²) in [4.78, 5) is 17.4. The molecule has 5 nitrogen and oxygen atoms in total. The fraction of sp³-hybridized carbons (Fsp3) is 0.500. The van der Waals surface area contributed by atoms with Gasteiger partial charge in [-0.05, 0) is 43.9 Å². The molecule has 134 valence electrons. The lowest BCUT2D eigenvalue weighted by molar-refractivity contribution is -0.134. The maximum Gasteiger partial charge on any atom is 0.223 e. The van der Waals surface area contributed by atoms with Crippen molar-refractivity contribution in [2.75, 3.05) is 18.5 Å². The van der Waals surface area contributed by atoms with Crippen molar-refractivity contribution in [3.8, 4) is 0 Å². The summed E-state index contributed by atoms with van der Waals surface area (Å²) in [7, 11) is 2.10. The molecule has 0 saturated carbocycles. The molecule has 1 aliphatic heterocycles. The first-order chi connectivity index (χ1) is 11.9. The van der Waals surface area contributed by atoms with Gasteiger partial charge >= 0.3 is 0 Å². The molecule has 1 N–H and O–H groups in total. The van der Waals surface area contributed by atoms with E-state index in [4.69, 9.17) is 0 Å². The Morgan fingerprint density at radius 3 is 2.76 bits per heavy atom. The van der Waals surface area contributed by atoms with E-state index in [-0.39, 0.29) is 17.9 Å². The third-order valence-corrected chi connectivity index (χ3v) is 5.29. The Hall–Kier alpha value is -2.30. The minimum absolute atomic E-state index is 0.162. The third kappa shape index (κ3) is 3.41. The fourth-order valence-corrected chi connectivity index (χ4v) is 4.05. The molecule has 1 aromatic heterocycles. The largest absolute Gasteiger partial charge is 0.372 e. The van der Waals surface area contributed by atoms with Crippen molar-refractivity contribution in [1.29, 1.82) is 0 Å². The zero-order valence-corrected chi connectivity index (χ0v) is 15.8. The third-order valence-electron chi connectivity index (χ3n) is 5.29. The number of anilines is 1. The van der Waals surface area contributed by atoms with Crippen LogP contribution >= 0.6 is 0 Å². The first-order valence-corrected chi connectivity index (χ1v) is 8.98. The number of hydrogen-bond acceptors (Lipinski definition) is 3. The molecule has 3 rings (SSSR count). The first kappa shape index (κ1) is 17.5. The lowest BCUT2D eigenvalue weighted by atomic mass is 9.95. The summed E-state index contributed by atoms with van der Waals surface area (Å²) < 4.78 is 0. The molecule has 0 radical (unpaired) electrons. The number of benzene rings is 1. The SMILES string of the molecule is Cc1n[nH]c(C)c1C(C)CC(=O)N1Cc2ccccc2N(C)CC1C. The molecule has 2 atom stereocenters. The van der Waals surface area contributed by atoms with Gasteiger partial charge in [0, 0.05) is 44.0 Å². The van der Waals surface area contributed by atoms with E-state index in [9.17, 15) is 4.79 Å². The Kier molecular flexibility index (Phi) is 4.84. The molecule has 0 fully saturated rings. The molecule has 1 amide bonds. The topological polar surface area (TPSA) is 52.2 Å². The number of nitrogens with zero attached hydrogens (tertiary/aromatic N) is 3. The molecule has 5 heteroatoms. The highest BCUT2D eigenvalue weighted by molar-refractivity contribution is 5.78. The van der Waals surface area contributed by atoms with Gasteiger partial charge in [0.05, 0.1) is 5.69 Å². The van der Waals surface area contributed by atoms with Gasteiger partial charge in [-0.25, -0.2) is 0 Å². The zero-order valence-electron chi connectivity index (χ0n) is 15.8. The van der Waals surface area contributed by atoms with Crippen LogP contribution in [0.4, 0.5) is 5.69 Å². The summed E-state index contributed by atoms with van der Waals surface area (Å²) in [6.45, 7) is 9.80. The van der Waals surface area contributed by atoms with E-state index >= 15 is 0 Å². The van der Waals surface area contributed by atoms with Crippen LogP contribution in [-0.2, 0) is 11.3 Å². The summed E-state index contributed by atoms with van der Waals surface area (Å²) in [5, 5.41) is 7.30. The van der Waals surface area contributed by atoms with E-state index in [2.05, 4.69) is 54.2 Å². The molecule has 2 heterocycles. The number of amides is 1. The molecule has 0 bridgehead atoms. The van der Waals surface area contributed by atoms with Gasteiger partial charge in [0.2, 0.25) is 5.91 Å². The van der Waals surface area contributed by atoms with Crippen LogP contribution in [0.15, 0.2) is 24.3 Å². The highest BCUT2D eigenvalue weighted by Gasteiger charge is 2.28. The van der Waals surface area contributed by atoms with Crippen molar-refractivity contribution in [1.82, 2.24) is 15.1 Å². The van der Waals surface area contributed by atoms with Crippen LogP contribution in [0.1, 0.15) is 48.7 Å². The van der Waals surface area contributed by atoms with Gasteiger partial charge in [-0.3, -0.25) is 9.89 Å². The number of likely N-dealkylation sites (N-methyl/N-ethyl adjacent to an activating group) is 1. The second-order valence-electron chi connectivity index (χ2n) is 7.33. The zero-order chi connectivity index (χ0) is 18.1. The number of hydrogen-bond donors (Lipinski definition) is 1. The summed E-state index contributed by atoms with van der Waals surface area (Å²) in [6.07, 6.45) is 0.511. The van der Waals surface area contributed by atoms with Crippen molar-refractivity contribution < 1.29 is 4.79 Å². The van der Waals surface area contributed by atoms with Crippen molar-refractivity contribution in [2.45, 2.75) is 52.6 Å². The van der Waals surface area contributed by atoms with Gasteiger partial charge in [0.25, 0.3) is 0 Å². The Morgan fingerprint density at radius 2 is 2.08 bits per heavy atom. The summed E-state index contributed by atoms with van der Waals surface area (Å²) >= 11 is 0. The van der Waals surface area contributed by atoms with Gasteiger partial charge in [-0.1, -0.05) is 25.1 Å². The van der Waals surface area contributed by atoms with Crippen LogP contribution in [0.25, 0.3) is 0 Å². The Bertz CT molecular complexity index is 747. The highest BCUT2D eigenvalue weighted by Crippen LogP contribution is 2.29. The molecule has 0 saturated heterocycles. The average molecular weight is 340 g/mol. The van der Waals surface area contributed by atoms with Crippen molar-refractivity contribution in [2.24, 2.45) is 0 Å². The van der Waals surface area contributed by atoms with Crippen molar-refractivity contribution in [3.05, 3.63) is 46.8 Å². The van der Waals surface area contributed by atoms with Crippen molar-refractivity contribution >= 4 is 11.6 Å². The molecule has 2 aromatic rings. The van der Waals surface area contributed by atoms with E-state index in [1.165, 1.54) is 16.8 Å². The van der Waals surface area contributed by atoms with Gasteiger partial charge in [-0.15, -0.1) is 0 Å². The number of carbonyl (C=O) groups is 1. The standard InChI is InChI=1S/C20H28N4O/c1-13(20-15(3)21-22-16(20)4)10-19(25)24-12-17-8-6-7-9-18(17)23(5)11-14(24)2/h6-9,13-14H,10-12H2,1-5H3,(H,21,22). The van der Waals surface area contributed by atoms with E-state index in [0.717, 1.165) is 17.9 Å². The predicted molar refractivity (Wildman–Crippen MR) is 101 cm³/mol. The van der Waals surface area contributed by atoms with Gasteiger partial charge in [0.15, 0.2) is 0 Å². The first-order valence-electron chi connectivity index (χ1n) is 8.98. The lowest BCUT2D eigenvalue weighted by Gasteiger charge is -2.29. The van der Waals surface area contributed by atoms with Crippen LogP contribution in [0, 0.1) is 13.8 Å². The summed E-state index contributed by atoms with van der Waals surface area (Å²) in [5.41, 5.74) is 5.66. The second-order valence-corrected chi connectivity index (χ2v) is 7.33. The van der Waals surface area contributed by atoms with E-state index in [1.54, 1.807) is 0 Å². The number of fused-ring (bicyclic) bond motifs is 1. The number of aromatic nitrogens is 2. The van der Waals surface area contributed by atoms with Crippen LogP contribution in [0.2, 0.25) is 0 Å². The predicted octanol–water partition coefficient (Wildman–Crippen LogP) is 3.39. The average Bonchev–Trinajstić information content (AvgIpc) is 2.84. The molecular formula is C20H28N4O. The van der Waals surface area contributed by atoms with E-state index in [1.807, 2.05) is 24.8 Å². The molecule has 0 aliphatic carbocycles. The monoisotopic (exact) mass is 340 g/mol. The van der Waals surface area contributed by atoms with Gasteiger partial charge < -0.3 is 9.80 Å². The second kappa shape index (κ2) is 6.90. The number of aromatic amines is 1. The lowest BCUT2D eigenvalue weighted by Crippen LogP contribution is -2.42. The smallest absolute Gasteiger partial charge is 0.223 e. The Morgan fingerprint density at radius 1 is 1.36 bits per heavy atom. The fourth-order valence-electron chi connectivity index (χ4n) is 4.05. The number of nitrogens with one attached hydrogen (secondary N) is 1.